The highest BCUT2D eigenvalue weighted by Gasteiger charge is 2.39. The SMILES string of the molecule is CC(C)C[C@@H](NC(=O)c1ccccc1OCc1noc(C(C)(C)C)n1)C(=O)N1CCC[C@@H]1C(=O)N(C)C(C)C. The average molecular weight is 542 g/mol. The van der Waals surface area contributed by atoms with Gasteiger partial charge in [0.2, 0.25) is 23.5 Å². The zero-order valence-corrected chi connectivity index (χ0v) is 24.5. The Morgan fingerprint density at radius 2 is 1.87 bits per heavy atom. The summed E-state index contributed by atoms with van der Waals surface area (Å²) in [6.07, 6.45) is 1.82. The molecule has 0 radical (unpaired) electrons. The summed E-state index contributed by atoms with van der Waals surface area (Å²) in [6.45, 7) is 14.3. The Kier molecular flexibility index (Phi) is 9.74. The molecule has 2 atom stereocenters. The first kappa shape index (κ1) is 30.1. The molecular weight excluding hydrogens is 498 g/mol. The lowest BCUT2D eigenvalue weighted by Gasteiger charge is -2.32. The van der Waals surface area contributed by atoms with Crippen molar-refractivity contribution in [3.05, 3.63) is 41.5 Å². The van der Waals surface area contributed by atoms with Crippen LogP contribution in [0.5, 0.6) is 5.75 Å². The molecule has 0 aliphatic carbocycles. The minimum atomic E-state index is -0.769. The van der Waals surface area contributed by atoms with Crippen molar-refractivity contribution in [2.24, 2.45) is 5.92 Å². The van der Waals surface area contributed by atoms with Crippen LogP contribution in [-0.4, -0.2) is 69.4 Å². The highest BCUT2D eigenvalue weighted by atomic mass is 16.5. The lowest BCUT2D eigenvalue weighted by Crippen LogP contribution is -2.54. The minimum absolute atomic E-state index is 0.0269. The monoisotopic (exact) mass is 541 g/mol. The number of benzene rings is 1. The largest absolute Gasteiger partial charge is 0.485 e. The fourth-order valence-corrected chi connectivity index (χ4v) is 4.45. The van der Waals surface area contributed by atoms with E-state index in [-0.39, 0.29) is 35.8 Å². The molecule has 2 aromatic rings. The molecule has 0 saturated carbocycles. The van der Waals surface area contributed by atoms with Gasteiger partial charge in [-0.05, 0) is 51.2 Å². The third kappa shape index (κ3) is 7.58. The van der Waals surface area contributed by atoms with Gasteiger partial charge in [-0.15, -0.1) is 0 Å². The molecule has 10 nitrogen and oxygen atoms in total. The van der Waals surface area contributed by atoms with Crippen LogP contribution >= 0.6 is 0 Å². The smallest absolute Gasteiger partial charge is 0.255 e. The molecule has 1 aliphatic heterocycles. The second kappa shape index (κ2) is 12.6. The first-order valence-electron chi connectivity index (χ1n) is 13.7. The van der Waals surface area contributed by atoms with Crippen molar-refractivity contribution in [2.75, 3.05) is 13.6 Å². The van der Waals surface area contributed by atoms with E-state index in [1.54, 1.807) is 41.1 Å². The fraction of sp³-hybridized carbons (Fsp3) is 0.621. The Morgan fingerprint density at radius 3 is 2.49 bits per heavy atom. The molecule has 1 aromatic carbocycles. The standard InChI is InChI=1S/C29H43N5O5/c1-18(2)16-21(26(36)34-15-11-13-22(34)27(37)33(8)19(3)4)30-25(35)20-12-9-10-14-23(20)38-17-24-31-28(39-32-24)29(5,6)7/h9-10,12,14,18-19,21-22H,11,13,15-17H2,1-8H3,(H,30,35)/t21-,22-/m1/s1. The van der Waals surface area contributed by atoms with Crippen LogP contribution in [0.25, 0.3) is 0 Å². The number of ether oxygens (including phenoxy) is 1. The third-order valence-electron chi connectivity index (χ3n) is 6.85. The van der Waals surface area contributed by atoms with E-state index in [0.29, 0.717) is 42.4 Å². The molecule has 39 heavy (non-hydrogen) atoms. The molecular formula is C29H43N5O5. The van der Waals surface area contributed by atoms with Crippen molar-refractivity contribution in [1.29, 1.82) is 0 Å². The molecule has 1 aromatic heterocycles. The van der Waals surface area contributed by atoms with Gasteiger partial charge in [-0.2, -0.15) is 4.98 Å². The maximum Gasteiger partial charge on any atom is 0.255 e. The maximum absolute atomic E-state index is 13.7. The molecule has 3 amide bonds. The number of likely N-dealkylation sites (N-methyl/N-ethyl adjacent to an activating group) is 1. The van der Waals surface area contributed by atoms with Crippen molar-refractivity contribution in [1.82, 2.24) is 25.3 Å². The normalized spacial score (nSPS) is 16.5. The van der Waals surface area contributed by atoms with E-state index < -0.39 is 18.0 Å². The number of carbonyl (C=O) groups is 3. The molecule has 0 unspecified atom stereocenters. The molecule has 3 rings (SSSR count). The maximum atomic E-state index is 13.7. The van der Waals surface area contributed by atoms with Gasteiger partial charge in [-0.3, -0.25) is 14.4 Å². The van der Waals surface area contributed by atoms with Gasteiger partial charge in [0.1, 0.15) is 17.8 Å². The second-order valence-electron chi connectivity index (χ2n) is 11.9. The number of hydrogen-bond acceptors (Lipinski definition) is 7. The van der Waals surface area contributed by atoms with Crippen molar-refractivity contribution in [3.8, 4) is 5.75 Å². The fourth-order valence-electron chi connectivity index (χ4n) is 4.45. The predicted octanol–water partition coefficient (Wildman–Crippen LogP) is 3.95. The molecule has 0 bridgehead atoms. The zero-order chi connectivity index (χ0) is 28.9. The van der Waals surface area contributed by atoms with E-state index in [0.717, 1.165) is 6.42 Å². The van der Waals surface area contributed by atoms with Crippen LogP contribution in [0.3, 0.4) is 0 Å². The number of carbonyl (C=O) groups excluding carboxylic acids is 3. The number of para-hydroxylation sites is 1. The number of hydrogen-bond donors (Lipinski definition) is 1. The molecule has 1 N–H and O–H groups in total. The van der Waals surface area contributed by atoms with Crippen LogP contribution in [0.2, 0.25) is 0 Å². The Labute approximate surface area is 231 Å². The van der Waals surface area contributed by atoms with Crippen molar-refractivity contribution < 1.29 is 23.6 Å². The Balaban J connectivity index is 1.75. The molecule has 1 aliphatic rings. The average Bonchev–Trinajstić information content (AvgIpc) is 3.55. The summed E-state index contributed by atoms with van der Waals surface area (Å²) in [7, 11) is 1.76. The van der Waals surface area contributed by atoms with Crippen LogP contribution in [0.1, 0.15) is 89.8 Å². The number of aromatic nitrogens is 2. The van der Waals surface area contributed by atoms with Gasteiger partial charge in [0.25, 0.3) is 5.91 Å². The number of nitrogens with zero attached hydrogens (tertiary/aromatic N) is 4. The Morgan fingerprint density at radius 1 is 1.18 bits per heavy atom. The summed E-state index contributed by atoms with van der Waals surface area (Å²) in [5.41, 5.74) is 0.0108. The van der Waals surface area contributed by atoms with Gasteiger partial charge in [0, 0.05) is 25.0 Å². The van der Waals surface area contributed by atoms with Crippen LogP contribution in [0.15, 0.2) is 28.8 Å². The topological polar surface area (TPSA) is 118 Å². The lowest BCUT2D eigenvalue weighted by molar-refractivity contribution is -0.145. The number of rotatable bonds is 10. The summed E-state index contributed by atoms with van der Waals surface area (Å²) in [6, 6.07) is 5.60. The van der Waals surface area contributed by atoms with E-state index in [2.05, 4.69) is 15.5 Å². The minimum Gasteiger partial charge on any atom is -0.485 e. The third-order valence-corrected chi connectivity index (χ3v) is 6.85. The first-order valence-corrected chi connectivity index (χ1v) is 13.7. The molecule has 0 spiro atoms. The summed E-state index contributed by atoms with van der Waals surface area (Å²) in [5, 5.41) is 6.90. The summed E-state index contributed by atoms with van der Waals surface area (Å²) < 4.78 is 11.2. The zero-order valence-electron chi connectivity index (χ0n) is 24.5. The second-order valence-corrected chi connectivity index (χ2v) is 11.9. The molecule has 10 heteroatoms. The van der Waals surface area contributed by atoms with Crippen LogP contribution in [0, 0.1) is 5.92 Å². The van der Waals surface area contributed by atoms with Crippen molar-refractivity contribution in [2.45, 2.75) is 97.9 Å². The van der Waals surface area contributed by atoms with Gasteiger partial charge in [0.15, 0.2) is 6.61 Å². The highest BCUT2D eigenvalue weighted by molar-refractivity contribution is 6.00. The molecule has 1 fully saturated rings. The summed E-state index contributed by atoms with van der Waals surface area (Å²) in [4.78, 5) is 48.0. The summed E-state index contributed by atoms with van der Waals surface area (Å²) in [5.74, 6) is 0.649. The van der Waals surface area contributed by atoms with E-state index in [1.807, 2.05) is 48.5 Å². The van der Waals surface area contributed by atoms with E-state index in [4.69, 9.17) is 9.26 Å². The van der Waals surface area contributed by atoms with E-state index >= 15 is 0 Å². The predicted molar refractivity (Wildman–Crippen MR) is 147 cm³/mol. The van der Waals surface area contributed by atoms with Crippen LogP contribution in [-0.2, 0) is 21.6 Å². The van der Waals surface area contributed by atoms with Gasteiger partial charge in [-0.1, -0.05) is 51.9 Å². The summed E-state index contributed by atoms with van der Waals surface area (Å²) >= 11 is 0. The Hall–Kier alpha value is -3.43. The van der Waals surface area contributed by atoms with Crippen molar-refractivity contribution >= 4 is 17.7 Å². The number of nitrogens with one attached hydrogen (secondary N) is 1. The van der Waals surface area contributed by atoms with Gasteiger partial charge in [0.05, 0.1) is 5.56 Å². The highest BCUT2D eigenvalue weighted by Crippen LogP contribution is 2.25. The first-order chi connectivity index (χ1) is 18.3. The number of likely N-dealkylation sites (tertiary alicyclic amines) is 1. The number of amides is 3. The quantitative estimate of drug-likeness (QED) is 0.484. The molecule has 214 valence electrons. The van der Waals surface area contributed by atoms with Crippen LogP contribution < -0.4 is 10.1 Å². The van der Waals surface area contributed by atoms with E-state index in [1.165, 1.54) is 0 Å². The van der Waals surface area contributed by atoms with Gasteiger partial charge >= 0.3 is 0 Å². The van der Waals surface area contributed by atoms with Gasteiger partial charge < -0.3 is 24.4 Å². The van der Waals surface area contributed by atoms with Gasteiger partial charge in [-0.25, -0.2) is 0 Å². The van der Waals surface area contributed by atoms with Crippen molar-refractivity contribution in [3.63, 3.8) is 0 Å². The van der Waals surface area contributed by atoms with E-state index in [9.17, 15) is 14.4 Å². The lowest BCUT2D eigenvalue weighted by atomic mass is 9.97. The molecule has 1 saturated heterocycles. The molecule has 2 heterocycles. The Bertz CT molecular complexity index is 1150. The van der Waals surface area contributed by atoms with Crippen LogP contribution in [0.4, 0.5) is 0 Å².